The monoisotopic (exact) mass is 479 g/mol. The first-order chi connectivity index (χ1) is 15.8. The van der Waals surface area contributed by atoms with E-state index >= 15 is 0 Å². The third kappa shape index (κ3) is 4.97. The number of benzene rings is 3. The van der Waals surface area contributed by atoms with Crippen LogP contribution in [0.25, 0.3) is 6.08 Å². The van der Waals surface area contributed by atoms with E-state index in [2.05, 4.69) is 5.32 Å². The number of nitro benzene ring substituents is 1. The molecule has 0 aromatic heterocycles. The number of thioether (sulfide) groups is 1. The lowest BCUT2D eigenvalue weighted by Crippen LogP contribution is -2.27. The standard InChI is InChI=1S/C23H14FN3O4S2/c24-16-6-8-17(9-7-16)25-21(28)15-2-1-3-19(13-15)26-22(29)20(33-23(26)32)12-14-4-10-18(11-5-14)27(30)31/h1-13H,(H,25,28)/b20-12+. The number of nitrogens with one attached hydrogen (secondary N) is 1. The molecule has 1 aliphatic rings. The lowest BCUT2D eigenvalue weighted by Gasteiger charge is -2.15. The summed E-state index contributed by atoms with van der Waals surface area (Å²) >= 11 is 6.47. The van der Waals surface area contributed by atoms with E-state index in [0.717, 1.165) is 11.8 Å². The number of amides is 2. The van der Waals surface area contributed by atoms with Crippen molar-refractivity contribution >= 4 is 63.3 Å². The van der Waals surface area contributed by atoms with Crippen LogP contribution >= 0.6 is 24.0 Å². The van der Waals surface area contributed by atoms with E-state index < -0.39 is 16.6 Å². The normalized spacial score (nSPS) is 14.6. The summed E-state index contributed by atoms with van der Waals surface area (Å²) in [5.41, 5.74) is 1.73. The fraction of sp³-hybridized carbons (Fsp3) is 0. The number of carbonyl (C=O) groups is 2. The average Bonchev–Trinajstić information content (AvgIpc) is 3.08. The van der Waals surface area contributed by atoms with Gasteiger partial charge in [-0.15, -0.1) is 0 Å². The second kappa shape index (κ2) is 9.31. The molecule has 0 bridgehead atoms. The molecule has 0 saturated carbocycles. The molecule has 3 aromatic carbocycles. The fourth-order valence-electron chi connectivity index (χ4n) is 3.06. The third-order valence-corrected chi connectivity index (χ3v) is 5.97. The molecule has 2 amide bonds. The predicted molar refractivity (Wildman–Crippen MR) is 130 cm³/mol. The highest BCUT2D eigenvalue weighted by atomic mass is 32.2. The first-order valence-electron chi connectivity index (χ1n) is 9.51. The van der Waals surface area contributed by atoms with Crippen LogP contribution in [0.1, 0.15) is 15.9 Å². The van der Waals surface area contributed by atoms with Crippen LogP contribution in [0.5, 0.6) is 0 Å². The summed E-state index contributed by atoms with van der Waals surface area (Å²) in [7, 11) is 0. The Balaban J connectivity index is 1.54. The molecule has 164 valence electrons. The van der Waals surface area contributed by atoms with E-state index in [-0.39, 0.29) is 11.6 Å². The molecular weight excluding hydrogens is 465 g/mol. The van der Waals surface area contributed by atoms with Gasteiger partial charge in [-0.2, -0.15) is 0 Å². The molecule has 0 spiro atoms. The highest BCUT2D eigenvalue weighted by molar-refractivity contribution is 8.27. The van der Waals surface area contributed by atoms with E-state index in [4.69, 9.17) is 12.2 Å². The zero-order valence-corrected chi connectivity index (χ0v) is 18.4. The van der Waals surface area contributed by atoms with E-state index in [9.17, 15) is 24.1 Å². The van der Waals surface area contributed by atoms with Crippen LogP contribution in [-0.2, 0) is 4.79 Å². The number of hydrogen-bond donors (Lipinski definition) is 1. The Morgan fingerprint density at radius 2 is 1.79 bits per heavy atom. The number of thiocarbonyl (C=S) groups is 1. The van der Waals surface area contributed by atoms with Crippen molar-refractivity contribution in [2.75, 3.05) is 10.2 Å². The molecule has 1 fully saturated rings. The van der Waals surface area contributed by atoms with Crippen molar-refractivity contribution in [1.82, 2.24) is 0 Å². The van der Waals surface area contributed by atoms with Crippen LogP contribution in [0.2, 0.25) is 0 Å². The molecule has 33 heavy (non-hydrogen) atoms. The zero-order chi connectivity index (χ0) is 23.5. The molecule has 0 unspecified atom stereocenters. The lowest BCUT2D eigenvalue weighted by molar-refractivity contribution is -0.384. The maximum atomic E-state index is 13.1. The summed E-state index contributed by atoms with van der Waals surface area (Å²) in [6.45, 7) is 0. The number of nitrogens with zero attached hydrogens (tertiary/aromatic N) is 2. The molecule has 7 nitrogen and oxygen atoms in total. The maximum Gasteiger partial charge on any atom is 0.270 e. The Labute approximate surface area is 197 Å². The maximum absolute atomic E-state index is 13.1. The fourth-order valence-corrected chi connectivity index (χ4v) is 4.36. The van der Waals surface area contributed by atoms with Crippen LogP contribution < -0.4 is 10.2 Å². The van der Waals surface area contributed by atoms with Gasteiger partial charge in [0.15, 0.2) is 4.32 Å². The van der Waals surface area contributed by atoms with Gasteiger partial charge in [0.2, 0.25) is 0 Å². The van der Waals surface area contributed by atoms with Gasteiger partial charge in [-0.3, -0.25) is 24.6 Å². The number of non-ortho nitro benzene ring substituents is 1. The number of hydrogen-bond acceptors (Lipinski definition) is 6. The van der Waals surface area contributed by atoms with Gasteiger partial charge in [0.05, 0.1) is 15.5 Å². The number of halogens is 1. The molecule has 0 aliphatic carbocycles. The summed E-state index contributed by atoms with van der Waals surface area (Å²) in [5, 5.41) is 13.5. The quantitative estimate of drug-likeness (QED) is 0.228. The van der Waals surface area contributed by atoms with Crippen molar-refractivity contribution in [2.45, 2.75) is 0 Å². The van der Waals surface area contributed by atoms with Crippen LogP contribution in [-0.4, -0.2) is 21.1 Å². The molecule has 1 heterocycles. The van der Waals surface area contributed by atoms with Gasteiger partial charge in [0.25, 0.3) is 17.5 Å². The van der Waals surface area contributed by atoms with E-state index in [0.29, 0.717) is 31.7 Å². The van der Waals surface area contributed by atoms with Crippen molar-refractivity contribution < 1.29 is 18.9 Å². The highest BCUT2D eigenvalue weighted by Crippen LogP contribution is 2.36. The topological polar surface area (TPSA) is 92.6 Å². The Morgan fingerprint density at radius 3 is 2.45 bits per heavy atom. The van der Waals surface area contributed by atoms with Gasteiger partial charge >= 0.3 is 0 Å². The second-order valence-electron chi connectivity index (χ2n) is 6.88. The lowest BCUT2D eigenvalue weighted by atomic mass is 10.1. The van der Waals surface area contributed by atoms with Gasteiger partial charge in [-0.1, -0.05) is 30.0 Å². The summed E-state index contributed by atoms with van der Waals surface area (Å²) in [6.07, 6.45) is 1.61. The molecule has 1 N–H and O–H groups in total. The molecule has 0 radical (unpaired) electrons. The molecule has 10 heteroatoms. The predicted octanol–water partition coefficient (Wildman–Crippen LogP) is 5.39. The average molecular weight is 480 g/mol. The van der Waals surface area contributed by atoms with Crippen molar-refractivity contribution in [3.8, 4) is 0 Å². The molecule has 1 saturated heterocycles. The minimum atomic E-state index is -0.498. The van der Waals surface area contributed by atoms with Crippen LogP contribution in [0, 0.1) is 15.9 Å². The molecule has 1 aliphatic heterocycles. The van der Waals surface area contributed by atoms with E-state index in [1.165, 1.54) is 41.3 Å². The smallest absolute Gasteiger partial charge is 0.270 e. The summed E-state index contributed by atoms with van der Waals surface area (Å²) in [4.78, 5) is 37.6. The molecule has 0 atom stereocenters. The van der Waals surface area contributed by atoms with Crippen molar-refractivity contribution in [1.29, 1.82) is 0 Å². The van der Waals surface area contributed by atoms with Crippen LogP contribution in [0.4, 0.5) is 21.5 Å². The Hall–Kier alpha value is -3.89. The van der Waals surface area contributed by atoms with Crippen molar-refractivity contribution in [2.24, 2.45) is 0 Å². The SMILES string of the molecule is O=C(Nc1ccc(F)cc1)c1cccc(N2C(=O)/C(=C\c3ccc([N+](=O)[O-])cc3)SC2=S)c1. The van der Waals surface area contributed by atoms with E-state index in [1.807, 2.05) is 0 Å². The Kier molecular flexibility index (Phi) is 6.29. The number of rotatable bonds is 5. The first-order valence-corrected chi connectivity index (χ1v) is 10.7. The van der Waals surface area contributed by atoms with Crippen molar-refractivity contribution in [3.05, 3.63) is 105 Å². The first kappa shape index (κ1) is 22.3. The van der Waals surface area contributed by atoms with E-state index in [1.54, 1.807) is 42.5 Å². The largest absolute Gasteiger partial charge is 0.322 e. The Bertz CT molecular complexity index is 1310. The van der Waals surface area contributed by atoms with Gasteiger partial charge in [0, 0.05) is 23.4 Å². The minimum absolute atomic E-state index is 0.0459. The zero-order valence-electron chi connectivity index (χ0n) is 16.7. The number of carbonyl (C=O) groups excluding carboxylic acids is 2. The second-order valence-corrected chi connectivity index (χ2v) is 8.55. The van der Waals surface area contributed by atoms with Crippen LogP contribution in [0.15, 0.2) is 77.7 Å². The summed E-state index contributed by atoms with van der Waals surface area (Å²) in [6, 6.07) is 17.6. The highest BCUT2D eigenvalue weighted by Gasteiger charge is 2.33. The van der Waals surface area contributed by atoms with Gasteiger partial charge in [-0.05, 0) is 66.2 Å². The number of anilines is 2. The van der Waals surface area contributed by atoms with Gasteiger partial charge in [-0.25, -0.2) is 4.39 Å². The molecule has 4 rings (SSSR count). The minimum Gasteiger partial charge on any atom is -0.322 e. The van der Waals surface area contributed by atoms with Crippen LogP contribution in [0.3, 0.4) is 0 Å². The summed E-state index contributed by atoms with van der Waals surface area (Å²) in [5.74, 6) is -1.19. The molecular formula is C23H14FN3O4S2. The van der Waals surface area contributed by atoms with Gasteiger partial charge < -0.3 is 5.32 Å². The van der Waals surface area contributed by atoms with Gasteiger partial charge in [0.1, 0.15) is 5.82 Å². The van der Waals surface area contributed by atoms with Crippen molar-refractivity contribution in [3.63, 3.8) is 0 Å². The summed E-state index contributed by atoms with van der Waals surface area (Å²) < 4.78 is 13.4. The third-order valence-electron chi connectivity index (χ3n) is 4.66. The molecule has 3 aromatic rings. The Morgan fingerprint density at radius 1 is 1.09 bits per heavy atom. The number of nitro groups is 1.